The van der Waals surface area contributed by atoms with E-state index in [1.165, 1.54) is 64.4 Å². The summed E-state index contributed by atoms with van der Waals surface area (Å²) in [5.74, 6) is 0. The predicted molar refractivity (Wildman–Crippen MR) is 74.1 cm³/mol. The molecule has 4 rings (SSSR count). The average molecular weight is 255 g/mol. The number of rotatable bonds is 0. The number of nitrogens with zero attached hydrogens (tertiary/aromatic N) is 1. The van der Waals surface area contributed by atoms with Crippen molar-refractivity contribution in [3.05, 3.63) is 43.8 Å². The molecule has 19 heavy (non-hydrogen) atoms. The monoisotopic (exact) mass is 255 g/mol. The van der Waals surface area contributed by atoms with Crippen molar-refractivity contribution in [3.63, 3.8) is 0 Å². The van der Waals surface area contributed by atoms with Gasteiger partial charge in [0.1, 0.15) is 17.9 Å². The van der Waals surface area contributed by atoms with E-state index in [0.717, 1.165) is 6.54 Å². The molecule has 0 aromatic carbocycles. The second kappa shape index (κ2) is 3.90. The van der Waals surface area contributed by atoms with Crippen LogP contribution >= 0.6 is 0 Å². The maximum atomic E-state index is 4.42. The summed E-state index contributed by atoms with van der Waals surface area (Å²) in [6.45, 7) is 1.03. The van der Waals surface area contributed by atoms with Gasteiger partial charge in [-0.2, -0.15) is 0 Å². The highest BCUT2D eigenvalue weighted by atomic mass is 15.3. The molecule has 1 fully saturated rings. The van der Waals surface area contributed by atoms with Crippen molar-refractivity contribution in [1.82, 2.24) is 4.98 Å². The molecule has 1 aliphatic carbocycles. The molecule has 2 N–H and O–H groups in total. The number of aromatic nitrogens is 1. The van der Waals surface area contributed by atoms with Crippen molar-refractivity contribution < 1.29 is 9.80 Å². The van der Waals surface area contributed by atoms with E-state index in [9.17, 15) is 0 Å². The van der Waals surface area contributed by atoms with Gasteiger partial charge in [-0.05, 0) is 18.9 Å². The smallest absolute Gasteiger partial charge is 0.143 e. The molecule has 2 unspecified atom stereocenters. The van der Waals surface area contributed by atoms with Crippen LogP contribution in [0.2, 0.25) is 0 Å². The molecule has 3 nitrogen and oxygen atoms in total. The summed E-state index contributed by atoms with van der Waals surface area (Å²) in [5, 5.41) is 0. The highest BCUT2D eigenvalue weighted by molar-refractivity contribution is 5.78. The predicted octanol–water partition coefficient (Wildman–Crippen LogP) is 0.507. The molecule has 100 valence electrons. The first-order valence-corrected chi connectivity index (χ1v) is 7.26. The van der Waals surface area contributed by atoms with Gasteiger partial charge in [-0.3, -0.25) is 4.98 Å². The molecular formula is C16H21N3. The van der Waals surface area contributed by atoms with E-state index in [1.54, 1.807) is 0 Å². The molecule has 1 aromatic heterocycles. The lowest BCUT2D eigenvalue weighted by molar-refractivity contribution is -0.922. The number of quaternary nitrogens is 2. The quantitative estimate of drug-likeness (QED) is 0.648. The van der Waals surface area contributed by atoms with Crippen molar-refractivity contribution in [2.75, 3.05) is 6.54 Å². The van der Waals surface area contributed by atoms with Crippen molar-refractivity contribution in [2.45, 2.75) is 37.6 Å². The lowest BCUT2D eigenvalue weighted by Gasteiger charge is -2.45. The van der Waals surface area contributed by atoms with E-state index in [2.05, 4.69) is 25.1 Å². The van der Waals surface area contributed by atoms with Gasteiger partial charge < -0.3 is 9.80 Å². The van der Waals surface area contributed by atoms with Gasteiger partial charge in [-0.25, -0.2) is 0 Å². The fraction of sp³-hybridized carbons (Fsp3) is 0.438. The second-order valence-electron chi connectivity index (χ2n) is 6.30. The molecule has 3 heteroatoms. The largest absolute Gasteiger partial charge is 0.455 e. The van der Waals surface area contributed by atoms with E-state index >= 15 is 0 Å². The SMILES string of the molecule is [CH2-][NH+]1C2=C(CC3(CCCC3)[NH+]([CH2-])C2)c2ccncc21. The van der Waals surface area contributed by atoms with E-state index in [1.807, 2.05) is 12.4 Å². The normalized spacial score (nSPS) is 31.7. The van der Waals surface area contributed by atoms with Crippen molar-refractivity contribution in [3.8, 4) is 0 Å². The standard InChI is InChI=1S/C16H21N3/c1-18-11-15-13(9-16(18)6-3-4-7-16)12-5-8-17-10-14(12)19(15)2/h5,8,10,18-19H,1-4,6-7,9,11H2. The molecule has 1 saturated carbocycles. The zero-order valence-electron chi connectivity index (χ0n) is 11.3. The number of fused-ring (bicyclic) bond motifs is 2. The van der Waals surface area contributed by atoms with Gasteiger partial charge >= 0.3 is 0 Å². The molecule has 0 bridgehead atoms. The van der Waals surface area contributed by atoms with Crippen LogP contribution in [-0.4, -0.2) is 17.1 Å². The zero-order chi connectivity index (χ0) is 13.0. The molecule has 0 amide bonds. The van der Waals surface area contributed by atoms with Crippen LogP contribution in [0.5, 0.6) is 0 Å². The number of hydrogen-bond donors (Lipinski definition) is 2. The molecule has 3 heterocycles. The van der Waals surface area contributed by atoms with Crippen molar-refractivity contribution in [1.29, 1.82) is 0 Å². The molecular weight excluding hydrogens is 234 g/mol. The van der Waals surface area contributed by atoms with Crippen molar-refractivity contribution in [2.24, 2.45) is 0 Å². The minimum Gasteiger partial charge on any atom is -0.455 e. The Balaban J connectivity index is 1.80. The third-order valence-corrected chi connectivity index (χ3v) is 5.42. The van der Waals surface area contributed by atoms with E-state index in [4.69, 9.17) is 0 Å². The summed E-state index contributed by atoms with van der Waals surface area (Å²) < 4.78 is 0. The molecule has 1 spiro atoms. The maximum Gasteiger partial charge on any atom is 0.143 e. The van der Waals surface area contributed by atoms with Gasteiger partial charge in [0.25, 0.3) is 0 Å². The first-order chi connectivity index (χ1) is 9.21. The van der Waals surface area contributed by atoms with E-state index in [0.29, 0.717) is 5.54 Å². The highest BCUT2D eigenvalue weighted by Crippen LogP contribution is 2.41. The van der Waals surface area contributed by atoms with Crippen LogP contribution < -0.4 is 9.80 Å². The number of pyridine rings is 1. The Morgan fingerprint density at radius 1 is 1.21 bits per heavy atom. The van der Waals surface area contributed by atoms with Gasteiger partial charge in [-0.1, -0.05) is 0 Å². The van der Waals surface area contributed by atoms with Crippen molar-refractivity contribution >= 4 is 11.3 Å². The second-order valence-corrected chi connectivity index (χ2v) is 6.30. The summed E-state index contributed by atoms with van der Waals surface area (Å²) in [4.78, 5) is 6.90. The lowest BCUT2D eigenvalue weighted by Crippen LogP contribution is -3.19. The van der Waals surface area contributed by atoms with E-state index in [-0.39, 0.29) is 0 Å². The lowest BCUT2D eigenvalue weighted by atomic mass is 9.82. The third-order valence-electron chi connectivity index (χ3n) is 5.42. The van der Waals surface area contributed by atoms with Gasteiger partial charge in [-0.15, -0.1) is 14.1 Å². The van der Waals surface area contributed by atoms with Crippen LogP contribution in [0, 0.1) is 14.1 Å². The maximum absolute atomic E-state index is 4.42. The Bertz CT molecular complexity index is 555. The van der Waals surface area contributed by atoms with Gasteiger partial charge in [0, 0.05) is 36.6 Å². The summed E-state index contributed by atoms with van der Waals surface area (Å²) in [5.41, 5.74) is 6.00. The Hall–Kier alpha value is -1.19. The Kier molecular flexibility index (Phi) is 2.39. The minimum absolute atomic E-state index is 0.393. The summed E-state index contributed by atoms with van der Waals surface area (Å²) in [7, 11) is 8.71. The average Bonchev–Trinajstić information content (AvgIpc) is 2.99. The van der Waals surface area contributed by atoms with E-state index < -0.39 is 0 Å². The van der Waals surface area contributed by atoms with Crippen LogP contribution in [0.1, 0.15) is 37.7 Å². The molecule has 2 atom stereocenters. The summed E-state index contributed by atoms with van der Waals surface area (Å²) >= 11 is 0. The fourth-order valence-corrected chi connectivity index (χ4v) is 4.27. The summed E-state index contributed by atoms with van der Waals surface area (Å²) in [6.07, 6.45) is 10.5. The van der Waals surface area contributed by atoms with Gasteiger partial charge in [0.05, 0.1) is 11.7 Å². The molecule has 1 aromatic rings. The third kappa shape index (κ3) is 1.49. The minimum atomic E-state index is 0.393. The summed E-state index contributed by atoms with van der Waals surface area (Å²) in [6, 6.07) is 2.17. The van der Waals surface area contributed by atoms with Crippen LogP contribution in [0.25, 0.3) is 5.57 Å². The molecule has 0 radical (unpaired) electrons. The van der Waals surface area contributed by atoms with Gasteiger partial charge in [0.2, 0.25) is 0 Å². The number of hydrogen-bond acceptors (Lipinski definition) is 1. The Labute approximate surface area is 114 Å². The van der Waals surface area contributed by atoms with Crippen LogP contribution in [0.4, 0.5) is 5.69 Å². The zero-order valence-corrected chi connectivity index (χ0v) is 11.3. The van der Waals surface area contributed by atoms with Crippen LogP contribution in [0.3, 0.4) is 0 Å². The first-order valence-electron chi connectivity index (χ1n) is 7.26. The Morgan fingerprint density at radius 3 is 2.79 bits per heavy atom. The van der Waals surface area contributed by atoms with Crippen LogP contribution in [0.15, 0.2) is 24.2 Å². The Morgan fingerprint density at radius 2 is 2.00 bits per heavy atom. The fourth-order valence-electron chi connectivity index (χ4n) is 4.27. The highest BCUT2D eigenvalue weighted by Gasteiger charge is 2.47. The number of nitrogens with one attached hydrogen (secondary N) is 2. The molecule has 3 aliphatic rings. The molecule has 2 aliphatic heterocycles. The topological polar surface area (TPSA) is 21.8 Å². The van der Waals surface area contributed by atoms with Gasteiger partial charge in [0.15, 0.2) is 0 Å². The molecule has 0 saturated heterocycles. The first kappa shape index (κ1) is 11.6. The van der Waals surface area contributed by atoms with Crippen LogP contribution in [-0.2, 0) is 0 Å².